The number of hydrogen-bond acceptors (Lipinski definition) is 2. The van der Waals surface area contributed by atoms with Gasteiger partial charge in [-0.15, -0.1) is 11.8 Å². The van der Waals surface area contributed by atoms with E-state index < -0.39 is 0 Å². The maximum atomic E-state index is 12.4. The van der Waals surface area contributed by atoms with Crippen LogP contribution in [-0.4, -0.2) is 28.4 Å². The zero-order valence-corrected chi connectivity index (χ0v) is 11.8. The molecule has 3 heteroatoms. The van der Waals surface area contributed by atoms with Gasteiger partial charge in [-0.2, -0.15) is 0 Å². The second kappa shape index (κ2) is 6.83. The zero-order valence-electron chi connectivity index (χ0n) is 11.0. The number of carbonyl (C=O) groups is 1. The Morgan fingerprint density at radius 1 is 1.33 bits per heavy atom. The molecule has 1 amide bonds. The van der Waals surface area contributed by atoms with Crippen LogP contribution in [0.3, 0.4) is 0 Å². The zero-order chi connectivity index (χ0) is 12.8. The van der Waals surface area contributed by atoms with Gasteiger partial charge in [-0.3, -0.25) is 4.79 Å². The largest absolute Gasteiger partial charge is 0.338 e. The van der Waals surface area contributed by atoms with Crippen LogP contribution in [0, 0.1) is 0 Å². The van der Waals surface area contributed by atoms with Crippen molar-refractivity contribution in [3.8, 4) is 0 Å². The molecule has 1 heterocycles. The van der Waals surface area contributed by atoms with E-state index in [4.69, 9.17) is 0 Å². The molecule has 0 spiro atoms. The number of benzene rings is 1. The van der Waals surface area contributed by atoms with Crippen LogP contribution < -0.4 is 0 Å². The number of rotatable bonds is 4. The van der Waals surface area contributed by atoms with E-state index in [1.54, 1.807) is 0 Å². The van der Waals surface area contributed by atoms with Gasteiger partial charge in [-0.25, -0.2) is 0 Å². The molecule has 0 aliphatic carbocycles. The van der Waals surface area contributed by atoms with E-state index >= 15 is 0 Å². The molecule has 1 aromatic carbocycles. The van der Waals surface area contributed by atoms with Crippen molar-refractivity contribution in [1.29, 1.82) is 0 Å². The minimum Gasteiger partial charge on any atom is -0.338 e. The molecule has 1 saturated heterocycles. The van der Waals surface area contributed by atoms with Crippen molar-refractivity contribution < 1.29 is 4.79 Å². The molecule has 1 aromatic rings. The van der Waals surface area contributed by atoms with Crippen molar-refractivity contribution in [1.82, 2.24) is 4.90 Å². The summed E-state index contributed by atoms with van der Waals surface area (Å²) in [6, 6.07) is 10.2. The second-order valence-corrected chi connectivity index (χ2v) is 6.00. The molecule has 1 unspecified atom stereocenters. The Hall–Kier alpha value is -0.960. The fourth-order valence-corrected chi connectivity index (χ4v) is 3.57. The maximum absolute atomic E-state index is 12.4. The third-order valence-corrected chi connectivity index (χ3v) is 4.73. The quantitative estimate of drug-likeness (QED) is 0.830. The lowest BCUT2D eigenvalue weighted by Crippen LogP contribution is -2.38. The van der Waals surface area contributed by atoms with Crippen LogP contribution in [-0.2, 0) is 11.3 Å². The van der Waals surface area contributed by atoms with Gasteiger partial charge in [0.2, 0.25) is 5.91 Å². The Bertz CT molecular complexity index is 373. The Balaban J connectivity index is 1.97. The second-order valence-electron chi connectivity index (χ2n) is 4.69. The van der Waals surface area contributed by atoms with E-state index in [0.29, 0.717) is 5.91 Å². The summed E-state index contributed by atoms with van der Waals surface area (Å²) in [7, 11) is 0. The highest BCUT2D eigenvalue weighted by atomic mass is 32.2. The van der Waals surface area contributed by atoms with Gasteiger partial charge in [-0.1, -0.05) is 36.8 Å². The first-order valence-corrected chi connectivity index (χ1v) is 7.80. The van der Waals surface area contributed by atoms with Gasteiger partial charge in [0, 0.05) is 13.1 Å². The van der Waals surface area contributed by atoms with Gasteiger partial charge in [0.05, 0.1) is 5.25 Å². The van der Waals surface area contributed by atoms with Gasteiger partial charge in [-0.05, 0) is 31.1 Å². The molecule has 1 atom stereocenters. The predicted octanol–water partition coefficient (Wildman–Crippen LogP) is 3.32. The summed E-state index contributed by atoms with van der Waals surface area (Å²) in [6.45, 7) is 3.60. The van der Waals surface area contributed by atoms with Crippen molar-refractivity contribution in [2.75, 3.05) is 12.3 Å². The fraction of sp³-hybridized carbons (Fsp3) is 0.533. The number of carbonyl (C=O) groups excluding carboxylic acids is 1. The standard InChI is InChI=1S/C15H21NOS/c1-2-16(12-13-8-4-3-5-9-13)15(17)14-10-6-7-11-18-14/h3-5,8-9,14H,2,6-7,10-12H2,1H3. The SMILES string of the molecule is CCN(Cc1ccccc1)C(=O)C1CCCCS1. The highest BCUT2D eigenvalue weighted by Crippen LogP contribution is 2.27. The third kappa shape index (κ3) is 3.52. The fourth-order valence-electron chi connectivity index (χ4n) is 2.29. The molecule has 0 N–H and O–H groups in total. The minimum absolute atomic E-state index is 0.197. The lowest BCUT2D eigenvalue weighted by atomic mass is 10.1. The first-order chi connectivity index (χ1) is 8.81. The van der Waals surface area contributed by atoms with Crippen LogP contribution in [0.4, 0.5) is 0 Å². The lowest BCUT2D eigenvalue weighted by molar-refractivity contribution is -0.131. The number of thioether (sulfide) groups is 1. The molecule has 98 valence electrons. The molecule has 0 bridgehead atoms. The molecule has 1 fully saturated rings. The highest BCUT2D eigenvalue weighted by Gasteiger charge is 2.25. The summed E-state index contributed by atoms with van der Waals surface area (Å²) in [5, 5.41) is 0.197. The summed E-state index contributed by atoms with van der Waals surface area (Å²) < 4.78 is 0. The lowest BCUT2D eigenvalue weighted by Gasteiger charge is -2.28. The van der Waals surface area contributed by atoms with Crippen LogP contribution in [0.1, 0.15) is 31.7 Å². The van der Waals surface area contributed by atoms with E-state index in [1.165, 1.54) is 18.4 Å². The van der Waals surface area contributed by atoms with Crippen LogP contribution in [0.2, 0.25) is 0 Å². The van der Waals surface area contributed by atoms with Gasteiger partial charge in [0.15, 0.2) is 0 Å². The van der Waals surface area contributed by atoms with Gasteiger partial charge in [0.25, 0.3) is 0 Å². The third-order valence-electron chi connectivity index (χ3n) is 3.36. The van der Waals surface area contributed by atoms with Crippen molar-refractivity contribution in [2.24, 2.45) is 0 Å². The smallest absolute Gasteiger partial charge is 0.235 e. The molecule has 2 rings (SSSR count). The van der Waals surface area contributed by atoms with Crippen molar-refractivity contribution in [3.05, 3.63) is 35.9 Å². The Labute approximate surface area is 114 Å². The van der Waals surface area contributed by atoms with Crippen LogP contribution in [0.15, 0.2) is 30.3 Å². The minimum atomic E-state index is 0.197. The predicted molar refractivity (Wildman–Crippen MR) is 77.6 cm³/mol. The molecule has 1 aliphatic rings. The molecule has 18 heavy (non-hydrogen) atoms. The normalized spacial score (nSPS) is 19.5. The van der Waals surface area contributed by atoms with Crippen molar-refractivity contribution in [2.45, 2.75) is 38.0 Å². The van der Waals surface area contributed by atoms with Crippen LogP contribution in [0.25, 0.3) is 0 Å². The van der Waals surface area contributed by atoms with E-state index in [0.717, 1.165) is 25.3 Å². The molecular weight excluding hydrogens is 242 g/mol. The van der Waals surface area contributed by atoms with E-state index in [9.17, 15) is 4.79 Å². The Kier molecular flexibility index (Phi) is 5.12. The molecule has 1 aliphatic heterocycles. The average Bonchev–Trinajstić information content (AvgIpc) is 2.46. The molecule has 0 saturated carbocycles. The Morgan fingerprint density at radius 2 is 2.11 bits per heavy atom. The number of hydrogen-bond donors (Lipinski definition) is 0. The van der Waals surface area contributed by atoms with Gasteiger partial charge >= 0.3 is 0 Å². The van der Waals surface area contributed by atoms with E-state index in [1.807, 2.05) is 34.9 Å². The maximum Gasteiger partial charge on any atom is 0.235 e. The number of nitrogens with zero attached hydrogens (tertiary/aromatic N) is 1. The highest BCUT2D eigenvalue weighted by molar-refractivity contribution is 8.00. The van der Waals surface area contributed by atoms with Crippen LogP contribution in [0.5, 0.6) is 0 Å². The van der Waals surface area contributed by atoms with Crippen molar-refractivity contribution in [3.63, 3.8) is 0 Å². The monoisotopic (exact) mass is 263 g/mol. The molecule has 0 aromatic heterocycles. The summed E-state index contributed by atoms with van der Waals surface area (Å²) in [6.07, 6.45) is 3.51. The molecule has 0 radical (unpaired) electrons. The summed E-state index contributed by atoms with van der Waals surface area (Å²) in [5.74, 6) is 1.46. The van der Waals surface area contributed by atoms with E-state index in [-0.39, 0.29) is 5.25 Å². The molecule has 2 nitrogen and oxygen atoms in total. The summed E-state index contributed by atoms with van der Waals surface area (Å²) in [4.78, 5) is 14.4. The van der Waals surface area contributed by atoms with Gasteiger partial charge < -0.3 is 4.90 Å². The summed E-state index contributed by atoms with van der Waals surface area (Å²) in [5.41, 5.74) is 1.22. The average molecular weight is 263 g/mol. The number of amides is 1. The Morgan fingerprint density at radius 3 is 2.72 bits per heavy atom. The van der Waals surface area contributed by atoms with Crippen LogP contribution >= 0.6 is 11.8 Å². The van der Waals surface area contributed by atoms with Crippen molar-refractivity contribution >= 4 is 17.7 Å². The molecular formula is C15H21NOS. The summed E-state index contributed by atoms with van der Waals surface area (Å²) >= 11 is 1.83. The first kappa shape index (κ1) is 13.5. The first-order valence-electron chi connectivity index (χ1n) is 6.75. The topological polar surface area (TPSA) is 20.3 Å². The van der Waals surface area contributed by atoms with Gasteiger partial charge in [0.1, 0.15) is 0 Å². The van der Waals surface area contributed by atoms with E-state index in [2.05, 4.69) is 19.1 Å².